The van der Waals surface area contributed by atoms with Crippen molar-refractivity contribution in [3.05, 3.63) is 33.2 Å². The number of nitrogens with zero attached hydrogens (tertiary/aromatic N) is 3. The fourth-order valence-corrected chi connectivity index (χ4v) is 2.62. The summed E-state index contributed by atoms with van der Waals surface area (Å²) in [4.78, 5) is 20.1. The minimum absolute atomic E-state index is 0.109. The molecule has 88 valence electrons. The molecule has 0 saturated carbocycles. The molecule has 5 nitrogen and oxygen atoms in total. The summed E-state index contributed by atoms with van der Waals surface area (Å²) in [5.74, 6) is 0.881. The molecule has 17 heavy (non-hydrogen) atoms. The van der Waals surface area contributed by atoms with Crippen LogP contribution in [0.3, 0.4) is 0 Å². The highest BCUT2D eigenvalue weighted by molar-refractivity contribution is 8.14. The Morgan fingerprint density at radius 2 is 2.53 bits per heavy atom. The Morgan fingerprint density at radius 1 is 1.71 bits per heavy atom. The summed E-state index contributed by atoms with van der Waals surface area (Å²) in [6.45, 7) is 1.23. The number of amidine groups is 1. The summed E-state index contributed by atoms with van der Waals surface area (Å²) in [5, 5.41) is 9.53. The van der Waals surface area contributed by atoms with Crippen LogP contribution in [-0.4, -0.2) is 27.3 Å². The van der Waals surface area contributed by atoms with Gasteiger partial charge in [0.25, 0.3) is 0 Å². The lowest BCUT2D eigenvalue weighted by Crippen LogP contribution is -2.26. The molecule has 0 bridgehead atoms. The van der Waals surface area contributed by atoms with Gasteiger partial charge in [0.2, 0.25) is 6.19 Å². The van der Waals surface area contributed by atoms with E-state index in [4.69, 9.17) is 16.9 Å². The van der Waals surface area contributed by atoms with Crippen molar-refractivity contribution < 1.29 is 0 Å². The van der Waals surface area contributed by atoms with Gasteiger partial charge in [0.1, 0.15) is 5.15 Å². The number of aliphatic imine (C=N–C) groups is 1. The van der Waals surface area contributed by atoms with E-state index in [2.05, 4.69) is 9.98 Å². The maximum absolute atomic E-state index is 11.6. The quantitative estimate of drug-likeness (QED) is 0.650. The molecule has 0 unspecified atom stereocenters. The largest absolute Gasteiger partial charge is 0.352 e. The van der Waals surface area contributed by atoms with Gasteiger partial charge in [-0.05, 0) is 0 Å². The topological polar surface area (TPSA) is 72.2 Å². The van der Waals surface area contributed by atoms with Crippen molar-refractivity contribution in [2.45, 2.75) is 6.54 Å². The van der Waals surface area contributed by atoms with E-state index in [9.17, 15) is 4.79 Å². The number of hydrogen-bond acceptors (Lipinski definition) is 4. The van der Waals surface area contributed by atoms with Crippen LogP contribution >= 0.6 is 23.4 Å². The second kappa shape index (κ2) is 5.25. The summed E-state index contributed by atoms with van der Waals surface area (Å²) >= 11 is 7.19. The van der Waals surface area contributed by atoms with Gasteiger partial charge < -0.3 is 9.88 Å². The first-order valence-electron chi connectivity index (χ1n) is 4.92. The number of rotatable bonds is 2. The standard InChI is InChI=1S/C10H9ClN4OS/c11-9-3-8(16)7(4-13-9)5-15-1-2-17-10(15)14-6-12/h3-4H,1-2,5H2,(H,13,16). The first-order valence-corrected chi connectivity index (χ1v) is 6.28. The average molecular weight is 269 g/mol. The highest BCUT2D eigenvalue weighted by Crippen LogP contribution is 2.19. The second-order valence-corrected chi connectivity index (χ2v) is 4.90. The Balaban J connectivity index is 2.19. The summed E-state index contributed by atoms with van der Waals surface area (Å²) < 4.78 is 0. The van der Waals surface area contributed by atoms with Crippen molar-refractivity contribution in [3.63, 3.8) is 0 Å². The molecule has 0 aliphatic carbocycles. The molecule has 0 spiro atoms. The molecule has 1 N–H and O–H groups in total. The van der Waals surface area contributed by atoms with Crippen LogP contribution in [0.25, 0.3) is 0 Å². The van der Waals surface area contributed by atoms with Gasteiger partial charge in [-0.15, -0.1) is 4.99 Å². The first-order chi connectivity index (χ1) is 8.20. The van der Waals surface area contributed by atoms with Crippen molar-refractivity contribution >= 4 is 28.5 Å². The zero-order valence-electron chi connectivity index (χ0n) is 8.81. The molecule has 7 heteroatoms. The van der Waals surface area contributed by atoms with Crippen LogP contribution in [0.2, 0.25) is 5.15 Å². The number of aromatic nitrogens is 1. The molecular weight excluding hydrogens is 260 g/mol. The normalized spacial score (nSPS) is 17.4. The predicted molar refractivity (Wildman–Crippen MR) is 68.0 cm³/mol. The molecule has 0 radical (unpaired) electrons. The fraction of sp³-hybridized carbons (Fsp3) is 0.300. The summed E-state index contributed by atoms with van der Waals surface area (Å²) in [6.07, 6.45) is 3.36. The smallest absolute Gasteiger partial charge is 0.208 e. The third kappa shape index (κ3) is 2.81. The molecule has 1 aliphatic heterocycles. The van der Waals surface area contributed by atoms with E-state index in [1.165, 1.54) is 17.8 Å². The monoisotopic (exact) mass is 268 g/mol. The number of nitriles is 1. The van der Waals surface area contributed by atoms with Crippen LogP contribution in [0, 0.1) is 11.5 Å². The van der Waals surface area contributed by atoms with E-state index in [-0.39, 0.29) is 5.43 Å². The van der Waals surface area contributed by atoms with Crippen LogP contribution in [-0.2, 0) is 6.54 Å². The minimum atomic E-state index is -0.109. The number of nitrogens with one attached hydrogen (secondary N) is 1. The second-order valence-electron chi connectivity index (χ2n) is 3.43. The van der Waals surface area contributed by atoms with Crippen molar-refractivity contribution in [2.75, 3.05) is 12.3 Å². The number of hydrogen-bond donors (Lipinski definition) is 1. The number of pyridine rings is 1. The van der Waals surface area contributed by atoms with E-state index in [0.717, 1.165) is 12.3 Å². The van der Waals surface area contributed by atoms with Crippen LogP contribution in [0.5, 0.6) is 0 Å². The van der Waals surface area contributed by atoms with Crippen LogP contribution in [0.1, 0.15) is 5.56 Å². The third-order valence-corrected chi connectivity index (χ3v) is 3.54. The molecule has 1 aliphatic rings. The Bertz CT molecular complexity index is 548. The third-order valence-electron chi connectivity index (χ3n) is 2.33. The molecule has 1 saturated heterocycles. The fourth-order valence-electron chi connectivity index (χ4n) is 1.53. The Kier molecular flexibility index (Phi) is 3.71. The molecule has 0 amide bonds. The molecule has 0 aromatic carbocycles. The van der Waals surface area contributed by atoms with Crippen LogP contribution < -0.4 is 5.43 Å². The summed E-state index contributed by atoms with van der Waals surface area (Å²) in [7, 11) is 0. The van der Waals surface area contributed by atoms with E-state index in [0.29, 0.717) is 22.4 Å². The van der Waals surface area contributed by atoms with Crippen molar-refractivity contribution in [2.24, 2.45) is 4.99 Å². The van der Waals surface area contributed by atoms with Gasteiger partial charge >= 0.3 is 0 Å². The lowest BCUT2D eigenvalue weighted by molar-refractivity contribution is 0.455. The molecular formula is C10H9ClN4OS. The van der Waals surface area contributed by atoms with E-state index in [1.54, 1.807) is 12.4 Å². The predicted octanol–water partition coefficient (Wildman–Crippen LogP) is 1.41. The molecule has 2 heterocycles. The van der Waals surface area contributed by atoms with Gasteiger partial charge in [0.05, 0.1) is 6.54 Å². The molecule has 1 aromatic rings. The number of H-pyrrole nitrogens is 1. The van der Waals surface area contributed by atoms with Gasteiger partial charge in [-0.3, -0.25) is 4.79 Å². The first kappa shape index (κ1) is 12.0. The molecule has 2 rings (SSSR count). The van der Waals surface area contributed by atoms with Gasteiger partial charge in [-0.25, -0.2) is 0 Å². The van der Waals surface area contributed by atoms with E-state index >= 15 is 0 Å². The SMILES string of the molecule is N#CN=C1SCCN1Cc1c[nH]c(Cl)cc1=O. The van der Waals surface area contributed by atoms with E-state index < -0.39 is 0 Å². The van der Waals surface area contributed by atoms with Crippen LogP contribution in [0.4, 0.5) is 0 Å². The summed E-state index contributed by atoms with van der Waals surface area (Å²) in [6, 6.07) is 1.35. The number of aromatic amines is 1. The lowest BCUT2D eigenvalue weighted by atomic mass is 10.2. The highest BCUT2D eigenvalue weighted by Gasteiger charge is 2.20. The zero-order valence-corrected chi connectivity index (χ0v) is 10.4. The maximum atomic E-state index is 11.6. The number of halogens is 1. The summed E-state index contributed by atoms with van der Waals surface area (Å²) in [5.41, 5.74) is 0.504. The highest BCUT2D eigenvalue weighted by atomic mass is 35.5. The lowest BCUT2D eigenvalue weighted by Gasteiger charge is -2.16. The molecule has 0 atom stereocenters. The van der Waals surface area contributed by atoms with Gasteiger partial charge in [-0.1, -0.05) is 23.4 Å². The molecule has 1 aromatic heterocycles. The van der Waals surface area contributed by atoms with Crippen molar-refractivity contribution in [3.8, 4) is 6.19 Å². The number of thioether (sulfide) groups is 1. The van der Waals surface area contributed by atoms with Crippen molar-refractivity contribution in [1.82, 2.24) is 9.88 Å². The Labute approximate surface area is 107 Å². The van der Waals surface area contributed by atoms with Gasteiger partial charge in [-0.2, -0.15) is 5.26 Å². The van der Waals surface area contributed by atoms with Crippen molar-refractivity contribution in [1.29, 1.82) is 5.26 Å². The van der Waals surface area contributed by atoms with Gasteiger partial charge in [0.15, 0.2) is 10.6 Å². The van der Waals surface area contributed by atoms with Crippen LogP contribution in [0.15, 0.2) is 22.1 Å². The maximum Gasteiger partial charge on any atom is 0.208 e. The van der Waals surface area contributed by atoms with E-state index in [1.807, 2.05) is 4.90 Å². The Morgan fingerprint density at radius 3 is 3.24 bits per heavy atom. The average Bonchev–Trinajstić information content (AvgIpc) is 2.71. The Hall–Kier alpha value is -1.45. The zero-order chi connectivity index (χ0) is 12.3. The minimum Gasteiger partial charge on any atom is -0.352 e. The van der Waals surface area contributed by atoms with Gasteiger partial charge in [0, 0.05) is 30.1 Å². The molecule has 1 fully saturated rings.